The molecule has 0 unspecified atom stereocenters. The van der Waals surface area contributed by atoms with Crippen LogP contribution >= 0.6 is 22.7 Å². The number of hydrogen-bond acceptors (Lipinski definition) is 24. The van der Waals surface area contributed by atoms with E-state index >= 15 is 19.2 Å². The standard InChI is InChI=1S/C72H48N8O16S2/c1-41-49(33-73)59(81)79(69(89)95-39-47-29-17-7-18-30-47)61(83)53(41)75-67-77-57-55(97-67)51-52(71(57,63(85)91-35-43-21-9-3-10-22-43)64(86)92-36-44-23-11-4-12-24-44)56-58(72(51,65(87)93-37-45-25-13-5-14-26-45)66(88)94-38-46-27-15-6-16-28-46)78-68(98-56)76-54-42(2)50(34-74)60(82)80(62(54)84)70(90)96-40-48-31-19-8-20-32-48/h3-32H,35-40H2,1-2H3. The van der Waals surface area contributed by atoms with Crippen molar-refractivity contribution in [2.24, 2.45) is 9.98 Å². The number of esters is 4. The first-order valence-corrected chi connectivity index (χ1v) is 31.4. The summed E-state index contributed by atoms with van der Waals surface area (Å²) in [5.41, 5.74) is -9.50. The summed E-state index contributed by atoms with van der Waals surface area (Å²) >= 11 is 0.985. The minimum atomic E-state index is -3.12. The summed E-state index contributed by atoms with van der Waals surface area (Å²) in [6, 6.07) is 53.0. The number of carbonyl (C=O) groups is 10. The maximum atomic E-state index is 16.3. The predicted molar refractivity (Wildman–Crippen MR) is 347 cm³/mol. The molecule has 2 aliphatic carbocycles. The minimum absolute atomic E-state index is 0.0753. The first kappa shape index (κ1) is 65.3. The van der Waals surface area contributed by atoms with Gasteiger partial charge in [0.25, 0.3) is 23.6 Å². The van der Waals surface area contributed by atoms with Gasteiger partial charge in [0.1, 0.15) is 74.3 Å². The number of nitrogens with zero attached hydrogens (tertiary/aromatic N) is 8. The van der Waals surface area contributed by atoms with E-state index in [-0.39, 0.29) is 30.7 Å². The molecule has 98 heavy (non-hydrogen) atoms. The highest BCUT2D eigenvalue weighted by molar-refractivity contribution is 7.18. The highest BCUT2D eigenvalue weighted by Gasteiger charge is 2.74. The van der Waals surface area contributed by atoms with Crippen molar-refractivity contribution in [3.8, 4) is 12.1 Å². The van der Waals surface area contributed by atoms with E-state index in [9.17, 15) is 39.3 Å². The van der Waals surface area contributed by atoms with Crippen LogP contribution in [0.3, 0.4) is 0 Å². The number of benzene rings is 6. The average Bonchev–Trinajstić information content (AvgIpc) is 1.48. The molecule has 484 valence electrons. The summed E-state index contributed by atoms with van der Waals surface area (Å²) in [6.45, 7) is -0.569. The van der Waals surface area contributed by atoms with E-state index in [4.69, 9.17) is 38.4 Å². The number of aromatic nitrogens is 2. The van der Waals surface area contributed by atoms with Gasteiger partial charge in [-0.15, -0.1) is 0 Å². The van der Waals surface area contributed by atoms with Gasteiger partial charge in [-0.1, -0.05) is 205 Å². The van der Waals surface area contributed by atoms with Crippen LogP contribution in [0.5, 0.6) is 0 Å². The van der Waals surface area contributed by atoms with Gasteiger partial charge in [-0.2, -0.15) is 20.3 Å². The van der Waals surface area contributed by atoms with E-state index < -0.39 is 166 Å². The van der Waals surface area contributed by atoms with Gasteiger partial charge in [0.05, 0.1) is 21.1 Å². The van der Waals surface area contributed by atoms with Crippen LogP contribution in [0.2, 0.25) is 0 Å². The maximum Gasteiger partial charge on any atom is 0.424 e. The number of aliphatic imine (C=N–C) groups is 2. The second kappa shape index (κ2) is 27.7. The maximum absolute atomic E-state index is 16.3. The zero-order valence-corrected chi connectivity index (χ0v) is 53.1. The molecule has 0 fully saturated rings. The van der Waals surface area contributed by atoms with E-state index in [1.165, 1.54) is 13.8 Å². The molecule has 0 spiro atoms. The molecular formula is C72H48N8O16S2. The number of fused-ring (bicyclic) bond motifs is 4. The van der Waals surface area contributed by atoms with Crippen molar-refractivity contribution in [1.82, 2.24) is 19.8 Å². The Kier molecular flexibility index (Phi) is 18.4. The van der Waals surface area contributed by atoms with Crippen molar-refractivity contribution >= 4 is 115 Å². The molecule has 4 heterocycles. The third kappa shape index (κ3) is 11.9. The lowest BCUT2D eigenvalue weighted by molar-refractivity contribution is -0.165. The van der Waals surface area contributed by atoms with Crippen molar-refractivity contribution in [2.45, 2.75) is 64.3 Å². The Morgan fingerprint density at radius 3 is 0.888 bits per heavy atom. The summed E-state index contributed by atoms with van der Waals surface area (Å²) in [5.74, 6) is -11.2. The third-order valence-corrected chi connectivity index (χ3v) is 17.9. The first-order valence-electron chi connectivity index (χ1n) is 29.7. The minimum Gasteiger partial charge on any atom is -0.459 e. The fraction of sp³-hybridized carbons (Fsp3) is 0.139. The summed E-state index contributed by atoms with van der Waals surface area (Å²) in [7, 11) is 0. The predicted octanol–water partition coefficient (Wildman–Crippen LogP) is 10.2. The molecule has 4 aliphatic rings. The molecule has 0 atom stereocenters. The number of carbonyl (C=O) groups excluding carboxylic acids is 10. The van der Waals surface area contributed by atoms with Crippen LogP contribution in [0.1, 0.15) is 68.4 Å². The number of amides is 6. The van der Waals surface area contributed by atoms with Gasteiger partial charge in [-0.3, -0.25) is 38.4 Å². The second-order valence-electron chi connectivity index (χ2n) is 22.0. The number of ether oxygens (including phenoxy) is 6. The second-order valence-corrected chi connectivity index (χ2v) is 23.9. The summed E-state index contributed by atoms with van der Waals surface area (Å²) in [5, 5.41) is 19.8. The van der Waals surface area contributed by atoms with Gasteiger partial charge in [0.2, 0.25) is 21.1 Å². The highest BCUT2D eigenvalue weighted by atomic mass is 32.1. The first-order chi connectivity index (χ1) is 47.5. The lowest BCUT2D eigenvalue weighted by atomic mass is 9.79. The Balaban J connectivity index is 1.11. The van der Waals surface area contributed by atoms with Crippen molar-refractivity contribution in [1.29, 1.82) is 10.5 Å². The molecule has 2 aliphatic heterocycles. The zero-order chi connectivity index (χ0) is 68.8. The number of hydrogen-bond donors (Lipinski definition) is 0. The van der Waals surface area contributed by atoms with Gasteiger partial charge in [0, 0.05) is 22.3 Å². The van der Waals surface area contributed by atoms with Gasteiger partial charge in [-0.05, 0) is 47.2 Å². The normalized spacial score (nSPS) is 15.8. The highest BCUT2D eigenvalue weighted by Crippen LogP contribution is 2.67. The number of nitriles is 2. The topological polar surface area (TPSA) is 331 Å². The molecule has 6 amide bonds. The average molecular weight is 1350 g/mol. The van der Waals surface area contributed by atoms with Gasteiger partial charge in [-0.25, -0.2) is 29.5 Å². The lowest BCUT2D eigenvalue weighted by Crippen LogP contribution is -2.50. The Morgan fingerprint density at radius 1 is 0.398 bits per heavy atom. The van der Waals surface area contributed by atoms with E-state index in [1.54, 1.807) is 194 Å². The van der Waals surface area contributed by atoms with Crippen molar-refractivity contribution in [2.75, 3.05) is 0 Å². The lowest BCUT2D eigenvalue weighted by Gasteiger charge is -2.27. The van der Waals surface area contributed by atoms with E-state index in [0.717, 1.165) is 0 Å². The molecular weight excluding hydrogens is 1300 g/mol. The van der Waals surface area contributed by atoms with Crippen LogP contribution < -0.4 is 0 Å². The van der Waals surface area contributed by atoms with E-state index in [2.05, 4.69) is 9.98 Å². The van der Waals surface area contributed by atoms with Crippen molar-refractivity contribution in [3.63, 3.8) is 0 Å². The number of thiazole rings is 2. The molecule has 0 bridgehead atoms. The summed E-state index contributed by atoms with van der Waals surface area (Å²) in [4.78, 5) is 168. The van der Waals surface area contributed by atoms with E-state index in [1.807, 2.05) is 0 Å². The largest absolute Gasteiger partial charge is 0.459 e. The molecule has 24 nitrogen and oxygen atoms in total. The monoisotopic (exact) mass is 1340 g/mol. The zero-order valence-electron chi connectivity index (χ0n) is 51.5. The van der Waals surface area contributed by atoms with Crippen molar-refractivity contribution in [3.05, 3.63) is 259 Å². The van der Waals surface area contributed by atoms with Crippen LogP contribution in [0.25, 0.3) is 11.1 Å². The smallest absolute Gasteiger partial charge is 0.424 e. The molecule has 6 aromatic carbocycles. The van der Waals surface area contributed by atoms with Crippen LogP contribution in [0.4, 0.5) is 19.9 Å². The molecule has 0 N–H and O–H groups in total. The molecule has 8 aromatic rings. The molecule has 0 saturated carbocycles. The fourth-order valence-electron chi connectivity index (χ4n) is 11.1. The van der Waals surface area contributed by atoms with Gasteiger partial charge < -0.3 is 28.4 Å². The van der Waals surface area contributed by atoms with Crippen molar-refractivity contribution < 1.29 is 76.4 Å². The Hall–Kier alpha value is -12.8. The molecule has 0 radical (unpaired) electrons. The number of rotatable bonds is 18. The van der Waals surface area contributed by atoms with E-state index in [0.29, 0.717) is 56.1 Å². The summed E-state index contributed by atoms with van der Waals surface area (Å²) in [6.07, 6.45) is -2.96. The SMILES string of the molecule is CC1=C(C#N)C(=O)N(C(=O)OCc2ccccc2)C(=O)C1=Nc1nc2c(s1)C1=C(c3sc(N=C4C(=O)N(C(=O)OCc5ccccc5)C(=O)C(C#N)=C4C)nc3C1(C(=O)OCc1ccccc1)C(=O)OCc1ccccc1)C2(C(=O)OCc1ccccc1)C(=O)OCc1ccccc1. The Labute approximate surface area is 564 Å². The Bertz CT molecular complexity index is 4480. The van der Waals surface area contributed by atoms with Gasteiger partial charge in [0.15, 0.2) is 0 Å². The Morgan fingerprint density at radius 2 is 0.643 bits per heavy atom. The van der Waals surface area contributed by atoms with Crippen LogP contribution in [-0.2, 0) is 117 Å². The van der Waals surface area contributed by atoms with Crippen LogP contribution in [0.15, 0.2) is 214 Å². The molecule has 26 heteroatoms. The fourth-order valence-corrected chi connectivity index (χ4v) is 13.4. The van der Waals surface area contributed by atoms with Crippen LogP contribution in [0, 0.1) is 22.7 Å². The van der Waals surface area contributed by atoms with Gasteiger partial charge >= 0.3 is 36.1 Å². The summed E-state index contributed by atoms with van der Waals surface area (Å²) < 4.78 is 35.6. The molecule has 2 aromatic heterocycles. The number of imide groups is 6. The van der Waals surface area contributed by atoms with Crippen LogP contribution in [-0.4, -0.2) is 90.9 Å². The molecule has 12 rings (SSSR count). The quantitative estimate of drug-likeness (QED) is 0.0333. The third-order valence-electron chi connectivity index (χ3n) is 16.0. The molecule has 0 saturated heterocycles.